The first kappa shape index (κ1) is 15.5. The molecule has 1 aliphatic rings. The van der Waals surface area contributed by atoms with Crippen molar-refractivity contribution in [3.05, 3.63) is 0 Å². The highest BCUT2D eigenvalue weighted by Crippen LogP contribution is 2.46. The number of carbonyl (C=O) groups is 1. The molecule has 2 N–H and O–H groups in total. The maximum atomic E-state index is 10.6. The molecule has 0 heterocycles. The normalized spacial score (nSPS) is 28.7. The Morgan fingerprint density at radius 1 is 1.44 bits per heavy atom. The van der Waals surface area contributed by atoms with Gasteiger partial charge in [0.2, 0.25) is 0 Å². The van der Waals surface area contributed by atoms with Crippen molar-refractivity contribution in [2.24, 2.45) is 0 Å². The number of nitrogens with one attached hydrogen (secondary N) is 1. The molecule has 0 aromatic rings. The molecule has 1 rings (SSSR count). The highest BCUT2D eigenvalue weighted by Gasteiger charge is 2.50. The smallest absolute Gasteiger partial charge is 0.404 e. The molecule has 0 aromatic carbocycles. The molecule has 106 valence electrons. The molecule has 0 bridgehead atoms. The Labute approximate surface area is 111 Å². The predicted molar refractivity (Wildman–Crippen MR) is 75.5 cm³/mol. The Morgan fingerprint density at radius 3 is 2.28 bits per heavy atom. The van der Waals surface area contributed by atoms with E-state index >= 15 is 0 Å². The zero-order valence-corrected chi connectivity index (χ0v) is 13.5. The third-order valence-electron chi connectivity index (χ3n) is 4.49. The van der Waals surface area contributed by atoms with Crippen molar-refractivity contribution >= 4 is 14.4 Å². The monoisotopic (exact) mass is 273 g/mol. The maximum Gasteiger partial charge on any atom is 0.404 e. The van der Waals surface area contributed by atoms with Gasteiger partial charge in [-0.15, -0.1) is 0 Å². The van der Waals surface area contributed by atoms with E-state index in [4.69, 9.17) is 9.53 Å². The van der Waals surface area contributed by atoms with Crippen LogP contribution in [0.15, 0.2) is 0 Å². The van der Waals surface area contributed by atoms with Gasteiger partial charge < -0.3 is 14.8 Å². The Morgan fingerprint density at radius 2 is 1.94 bits per heavy atom. The van der Waals surface area contributed by atoms with Crippen LogP contribution < -0.4 is 5.32 Å². The standard InChI is InChI=1S/C13H27NO3Si/c1-7-13(8-10(9-13)14-11(15)16)17-18(5,6)12(2,3)4/h10,14H,7-9H2,1-6H3,(H,15,16)/t10-,13+. The molecule has 1 saturated carbocycles. The minimum atomic E-state index is -1.78. The molecule has 4 nitrogen and oxygen atoms in total. The van der Waals surface area contributed by atoms with E-state index in [1.807, 2.05) is 0 Å². The van der Waals surface area contributed by atoms with E-state index < -0.39 is 14.4 Å². The lowest BCUT2D eigenvalue weighted by Gasteiger charge is -2.53. The van der Waals surface area contributed by atoms with Crippen molar-refractivity contribution < 1.29 is 14.3 Å². The minimum absolute atomic E-state index is 0.0622. The second-order valence-electron chi connectivity index (χ2n) is 6.95. The molecule has 0 radical (unpaired) electrons. The summed E-state index contributed by atoms with van der Waals surface area (Å²) in [5, 5.41) is 11.5. The van der Waals surface area contributed by atoms with Crippen molar-refractivity contribution in [3.8, 4) is 0 Å². The molecule has 5 heteroatoms. The van der Waals surface area contributed by atoms with Crippen molar-refractivity contribution in [1.29, 1.82) is 0 Å². The van der Waals surface area contributed by atoms with E-state index in [1.54, 1.807) is 0 Å². The van der Waals surface area contributed by atoms with Gasteiger partial charge in [0.15, 0.2) is 8.32 Å². The minimum Gasteiger partial charge on any atom is -0.465 e. The third kappa shape index (κ3) is 3.26. The molecule has 0 aliphatic heterocycles. The van der Waals surface area contributed by atoms with Gasteiger partial charge in [0, 0.05) is 6.04 Å². The summed E-state index contributed by atoms with van der Waals surface area (Å²) < 4.78 is 6.49. The highest BCUT2D eigenvalue weighted by atomic mass is 28.4. The van der Waals surface area contributed by atoms with Crippen LogP contribution in [0.1, 0.15) is 47.0 Å². The summed E-state index contributed by atoms with van der Waals surface area (Å²) in [5.74, 6) is 0. The summed E-state index contributed by atoms with van der Waals surface area (Å²) in [6.45, 7) is 13.3. The summed E-state index contributed by atoms with van der Waals surface area (Å²) >= 11 is 0. The Balaban J connectivity index is 2.63. The van der Waals surface area contributed by atoms with Crippen LogP contribution in [-0.2, 0) is 4.43 Å². The summed E-state index contributed by atoms with van der Waals surface area (Å²) in [6, 6.07) is 0.0622. The van der Waals surface area contributed by atoms with E-state index in [-0.39, 0.29) is 16.7 Å². The van der Waals surface area contributed by atoms with Crippen molar-refractivity contribution in [1.82, 2.24) is 5.32 Å². The van der Waals surface area contributed by atoms with Crippen LogP contribution in [0.5, 0.6) is 0 Å². The number of hydrogen-bond acceptors (Lipinski definition) is 2. The molecule has 1 aliphatic carbocycles. The van der Waals surface area contributed by atoms with Crippen LogP contribution in [0.25, 0.3) is 0 Å². The van der Waals surface area contributed by atoms with Gasteiger partial charge in [-0.25, -0.2) is 4.79 Å². The quantitative estimate of drug-likeness (QED) is 0.770. The maximum absolute atomic E-state index is 10.6. The van der Waals surface area contributed by atoms with Crippen molar-refractivity contribution in [2.45, 2.75) is 76.7 Å². The first-order chi connectivity index (χ1) is 8.01. The second kappa shape index (κ2) is 4.85. The average Bonchev–Trinajstić information content (AvgIpc) is 2.10. The number of carboxylic acid groups (broad SMARTS) is 1. The number of rotatable bonds is 4. The van der Waals surface area contributed by atoms with Crippen LogP contribution >= 0.6 is 0 Å². The van der Waals surface area contributed by atoms with Crippen molar-refractivity contribution in [3.63, 3.8) is 0 Å². The lowest BCUT2D eigenvalue weighted by molar-refractivity contribution is -0.0441. The predicted octanol–water partition coefficient (Wildman–Crippen LogP) is 3.59. The Hall–Kier alpha value is -0.553. The Bertz CT molecular complexity index is 317. The molecule has 0 spiro atoms. The Kier molecular flexibility index (Phi) is 4.18. The number of hydrogen-bond donors (Lipinski definition) is 2. The highest BCUT2D eigenvalue weighted by molar-refractivity contribution is 6.74. The van der Waals surface area contributed by atoms with E-state index in [1.165, 1.54) is 0 Å². The molecule has 1 fully saturated rings. The molecule has 18 heavy (non-hydrogen) atoms. The van der Waals surface area contributed by atoms with Crippen LogP contribution in [-0.4, -0.2) is 31.2 Å². The topological polar surface area (TPSA) is 58.6 Å². The van der Waals surface area contributed by atoms with Gasteiger partial charge in [-0.3, -0.25) is 0 Å². The first-order valence-electron chi connectivity index (χ1n) is 6.71. The van der Waals surface area contributed by atoms with E-state index in [0.29, 0.717) is 0 Å². The molecular formula is C13H27NO3Si. The van der Waals surface area contributed by atoms with Crippen LogP contribution in [0.3, 0.4) is 0 Å². The fraction of sp³-hybridized carbons (Fsp3) is 0.923. The van der Waals surface area contributed by atoms with Gasteiger partial charge in [-0.05, 0) is 37.4 Å². The summed E-state index contributed by atoms with van der Waals surface area (Å²) in [4.78, 5) is 10.6. The average molecular weight is 273 g/mol. The summed E-state index contributed by atoms with van der Waals surface area (Å²) in [5.41, 5.74) is -0.101. The molecule has 0 aromatic heterocycles. The van der Waals surface area contributed by atoms with Gasteiger partial charge in [-0.1, -0.05) is 27.7 Å². The van der Waals surface area contributed by atoms with Gasteiger partial charge in [-0.2, -0.15) is 0 Å². The largest absolute Gasteiger partial charge is 0.465 e. The van der Waals surface area contributed by atoms with Crippen molar-refractivity contribution in [2.75, 3.05) is 0 Å². The van der Waals surface area contributed by atoms with E-state index in [9.17, 15) is 4.79 Å². The molecule has 0 unspecified atom stereocenters. The van der Waals surface area contributed by atoms with Gasteiger partial charge in [0.05, 0.1) is 5.60 Å². The fourth-order valence-electron chi connectivity index (χ4n) is 2.25. The van der Waals surface area contributed by atoms with Crippen LogP contribution in [0, 0.1) is 0 Å². The third-order valence-corrected chi connectivity index (χ3v) is 9.04. The first-order valence-corrected chi connectivity index (χ1v) is 9.62. The summed E-state index contributed by atoms with van der Waals surface area (Å²) in [6.07, 6.45) is 1.64. The second-order valence-corrected chi connectivity index (χ2v) is 11.7. The van der Waals surface area contributed by atoms with Gasteiger partial charge in [0.1, 0.15) is 0 Å². The lowest BCUT2D eigenvalue weighted by Crippen LogP contribution is -2.60. The molecule has 0 atom stereocenters. The van der Waals surface area contributed by atoms with E-state index in [2.05, 4.69) is 46.1 Å². The van der Waals surface area contributed by atoms with Crippen LogP contribution in [0.4, 0.5) is 4.79 Å². The lowest BCUT2D eigenvalue weighted by atomic mass is 9.74. The number of amides is 1. The zero-order chi connectivity index (χ0) is 14.2. The SMILES string of the molecule is CC[C@]1(O[Si](C)(C)C(C)(C)C)C[C@@H](NC(=O)O)C1. The molecular weight excluding hydrogens is 246 g/mol. The molecule has 1 amide bonds. The molecule has 0 saturated heterocycles. The zero-order valence-electron chi connectivity index (χ0n) is 12.5. The fourth-order valence-corrected chi connectivity index (χ4v) is 3.95. The van der Waals surface area contributed by atoms with Gasteiger partial charge in [0.25, 0.3) is 0 Å². The van der Waals surface area contributed by atoms with E-state index in [0.717, 1.165) is 19.3 Å². The summed E-state index contributed by atoms with van der Waals surface area (Å²) in [7, 11) is -1.78. The van der Waals surface area contributed by atoms with Crippen LogP contribution in [0.2, 0.25) is 18.1 Å². The van der Waals surface area contributed by atoms with Gasteiger partial charge >= 0.3 is 6.09 Å².